The molecule has 2 aromatic carbocycles. The number of halogens is 1. The number of hydrogen-bond acceptors (Lipinski definition) is 1. The van der Waals surface area contributed by atoms with E-state index in [-0.39, 0.29) is 5.91 Å². The monoisotopic (exact) mass is 297 g/mol. The van der Waals surface area contributed by atoms with E-state index in [1.54, 1.807) is 6.08 Å². The highest BCUT2D eigenvalue weighted by Crippen LogP contribution is 2.27. The number of nitrogens with zero attached hydrogens (tertiary/aromatic N) is 1. The number of hydrogen-bond donors (Lipinski definition) is 0. The van der Waals surface area contributed by atoms with E-state index in [1.165, 1.54) is 5.56 Å². The smallest absolute Gasteiger partial charge is 0.250 e. The fourth-order valence-corrected chi connectivity index (χ4v) is 2.83. The van der Waals surface area contributed by atoms with Crippen LogP contribution in [0.2, 0.25) is 5.02 Å². The van der Waals surface area contributed by atoms with Crippen LogP contribution >= 0.6 is 11.6 Å². The summed E-state index contributed by atoms with van der Waals surface area (Å²) in [5.41, 5.74) is 3.21. The van der Waals surface area contributed by atoms with Crippen LogP contribution in [-0.4, -0.2) is 12.5 Å². The number of anilines is 1. The standard InChI is InChI=1S/C18H16ClNO/c19-16-8-3-5-14(13-16)10-11-18(21)20-12-4-7-15-6-1-2-9-17(15)20/h1-3,5-6,8-11,13H,4,7,12H2. The van der Waals surface area contributed by atoms with Gasteiger partial charge in [0.25, 0.3) is 5.91 Å². The molecule has 0 saturated carbocycles. The molecule has 0 spiro atoms. The van der Waals surface area contributed by atoms with Crippen molar-refractivity contribution >= 4 is 29.3 Å². The Kier molecular flexibility index (Phi) is 4.07. The molecule has 0 radical (unpaired) electrons. The Labute approximate surface area is 129 Å². The van der Waals surface area contributed by atoms with E-state index in [0.29, 0.717) is 5.02 Å². The highest BCUT2D eigenvalue weighted by Gasteiger charge is 2.20. The van der Waals surface area contributed by atoms with Gasteiger partial charge in [0, 0.05) is 23.3 Å². The molecule has 2 aromatic rings. The van der Waals surface area contributed by atoms with Crippen molar-refractivity contribution in [2.45, 2.75) is 12.8 Å². The molecular weight excluding hydrogens is 282 g/mol. The number of carbonyl (C=O) groups is 1. The van der Waals surface area contributed by atoms with Crippen LogP contribution in [0.25, 0.3) is 6.08 Å². The molecule has 0 N–H and O–H groups in total. The molecule has 0 unspecified atom stereocenters. The Bertz CT molecular complexity index is 693. The summed E-state index contributed by atoms with van der Waals surface area (Å²) in [4.78, 5) is 14.3. The lowest BCUT2D eigenvalue weighted by molar-refractivity contribution is -0.114. The number of aryl methyl sites for hydroxylation is 1. The predicted octanol–water partition coefficient (Wildman–Crippen LogP) is 4.33. The van der Waals surface area contributed by atoms with Crippen LogP contribution in [0, 0.1) is 0 Å². The second kappa shape index (κ2) is 6.15. The maximum absolute atomic E-state index is 12.4. The minimum atomic E-state index is 0.0159. The zero-order valence-corrected chi connectivity index (χ0v) is 12.4. The van der Waals surface area contributed by atoms with Gasteiger partial charge in [-0.1, -0.05) is 41.9 Å². The third-order valence-electron chi connectivity index (χ3n) is 3.64. The first-order valence-corrected chi connectivity index (χ1v) is 7.45. The van der Waals surface area contributed by atoms with E-state index < -0.39 is 0 Å². The van der Waals surface area contributed by atoms with E-state index in [4.69, 9.17) is 11.6 Å². The molecule has 106 valence electrons. The third kappa shape index (κ3) is 3.17. The van der Waals surface area contributed by atoms with Gasteiger partial charge in [0.2, 0.25) is 0 Å². The lowest BCUT2D eigenvalue weighted by Gasteiger charge is -2.28. The predicted molar refractivity (Wildman–Crippen MR) is 87.6 cm³/mol. The minimum Gasteiger partial charge on any atom is -0.309 e. The van der Waals surface area contributed by atoms with Gasteiger partial charge in [-0.3, -0.25) is 4.79 Å². The number of carbonyl (C=O) groups excluding carboxylic acids is 1. The zero-order valence-electron chi connectivity index (χ0n) is 11.6. The molecule has 3 rings (SSSR count). The molecule has 3 heteroatoms. The highest BCUT2D eigenvalue weighted by molar-refractivity contribution is 6.30. The highest BCUT2D eigenvalue weighted by atomic mass is 35.5. The Hall–Kier alpha value is -2.06. The van der Waals surface area contributed by atoms with Gasteiger partial charge >= 0.3 is 0 Å². The van der Waals surface area contributed by atoms with Crippen molar-refractivity contribution in [3.8, 4) is 0 Å². The van der Waals surface area contributed by atoms with E-state index in [2.05, 4.69) is 6.07 Å². The van der Waals surface area contributed by atoms with E-state index in [1.807, 2.05) is 53.4 Å². The van der Waals surface area contributed by atoms with Crippen molar-refractivity contribution in [3.63, 3.8) is 0 Å². The van der Waals surface area contributed by atoms with Gasteiger partial charge in [-0.05, 0) is 48.2 Å². The van der Waals surface area contributed by atoms with Crippen LogP contribution in [0.5, 0.6) is 0 Å². The van der Waals surface area contributed by atoms with Gasteiger partial charge in [-0.2, -0.15) is 0 Å². The topological polar surface area (TPSA) is 20.3 Å². The molecule has 0 fully saturated rings. The molecule has 1 aliphatic rings. The van der Waals surface area contributed by atoms with Crippen LogP contribution in [0.1, 0.15) is 17.5 Å². The first-order chi connectivity index (χ1) is 10.2. The maximum Gasteiger partial charge on any atom is 0.250 e. The van der Waals surface area contributed by atoms with Crippen LogP contribution in [0.4, 0.5) is 5.69 Å². The summed E-state index contributed by atoms with van der Waals surface area (Å²) >= 11 is 5.95. The normalized spacial score (nSPS) is 14.2. The van der Waals surface area contributed by atoms with Gasteiger partial charge in [-0.15, -0.1) is 0 Å². The van der Waals surface area contributed by atoms with Gasteiger partial charge < -0.3 is 4.90 Å². The Morgan fingerprint density at radius 3 is 2.86 bits per heavy atom. The molecule has 0 aromatic heterocycles. The van der Waals surface area contributed by atoms with Crippen molar-refractivity contribution < 1.29 is 4.79 Å². The summed E-state index contributed by atoms with van der Waals surface area (Å²) in [6.45, 7) is 0.774. The molecule has 0 bridgehead atoms. The van der Waals surface area contributed by atoms with Gasteiger partial charge in [0.15, 0.2) is 0 Å². The largest absolute Gasteiger partial charge is 0.309 e. The summed E-state index contributed by atoms with van der Waals surface area (Å²) in [6, 6.07) is 15.6. The maximum atomic E-state index is 12.4. The van der Waals surface area contributed by atoms with Crippen molar-refractivity contribution in [1.82, 2.24) is 0 Å². The Morgan fingerprint density at radius 2 is 2.00 bits per heavy atom. The SMILES string of the molecule is O=C(C=Cc1cccc(Cl)c1)N1CCCc2ccccc21. The van der Waals surface area contributed by atoms with Crippen LogP contribution < -0.4 is 4.90 Å². The molecule has 1 aliphatic heterocycles. The summed E-state index contributed by atoms with van der Waals surface area (Å²) in [5.74, 6) is 0.0159. The molecule has 1 amide bonds. The van der Waals surface area contributed by atoms with Gasteiger partial charge in [0.1, 0.15) is 0 Å². The fourth-order valence-electron chi connectivity index (χ4n) is 2.63. The number of amides is 1. The van der Waals surface area contributed by atoms with Gasteiger partial charge in [-0.25, -0.2) is 0 Å². The molecule has 1 heterocycles. The first-order valence-electron chi connectivity index (χ1n) is 7.07. The Morgan fingerprint density at radius 1 is 1.14 bits per heavy atom. The summed E-state index contributed by atoms with van der Waals surface area (Å²) in [5, 5.41) is 0.674. The summed E-state index contributed by atoms with van der Waals surface area (Å²) < 4.78 is 0. The van der Waals surface area contributed by atoms with Crippen molar-refractivity contribution in [2.75, 3.05) is 11.4 Å². The lowest BCUT2D eigenvalue weighted by Crippen LogP contribution is -2.34. The van der Waals surface area contributed by atoms with Crippen molar-refractivity contribution in [3.05, 3.63) is 70.8 Å². The van der Waals surface area contributed by atoms with Crippen molar-refractivity contribution in [2.24, 2.45) is 0 Å². The Balaban J connectivity index is 1.80. The van der Waals surface area contributed by atoms with E-state index in [0.717, 1.165) is 30.6 Å². The quantitative estimate of drug-likeness (QED) is 0.755. The zero-order chi connectivity index (χ0) is 14.7. The molecule has 21 heavy (non-hydrogen) atoms. The molecule has 0 saturated heterocycles. The number of benzene rings is 2. The summed E-state index contributed by atoms with van der Waals surface area (Å²) in [7, 11) is 0. The third-order valence-corrected chi connectivity index (χ3v) is 3.88. The fraction of sp³-hybridized carbons (Fsp3) is 0.167. The molecule has 0 aliphatic carbocycles. The van der Waals surface area contributed by atoms with Crippen LogP contribution in [0.3, 0.4) is 0 Å². The van der Waals surface area contributed by atoms with Gasteiger partial charge in [0.05, 0.1) is 0 Å². The van der Waals surface area contributed by atoms with E-state index >= 15 is 0 Å². The minimum absolute atomic E-state index is 0.0159. The number of rotatable bonds is 2. The molecule has 0 atom stereocenters. The van der Waals surface area contributed by atoms with E-state index in [9.17, 15) is 4.79 Å². The average Bonchev–Trinajstić information content (AvgIpc) is 2.52. The molecule has 2 nitrogen and oxygen atoms in total. The lowest BCUT2D eigenvalue weighted by atomic mass is 10.0. The second-order valence-electron chi connectivity index (χ2n) is 5.11. The van der Waals surface area contributed by atoms with Crippen LogP contribution in [-0.2, 0) is 11.2 Å². The van der Waals surface area contributed by atoms with Crippen LogP contribution in [0.15, 0.2) is 54.6 Å². The summed E-state index contributed by atoms with van der Waals surface area (Å²) in [6.07, 6.45) is 5.48. The average molecular weight is 298 g/mol. The second-order valence-corrected chi connectivity index (χ2v) is 5.55. The number of para-hydroxylation sites is 1. The number of fused-ring (bicyclic) bond motifs is 1. The van der Waals surface area contributed by atoms with Crippen molar-refractivity contribution in [1.29, 1.82) is 0 Å². The molecular formula is C18H16ClNO. The first kappa shape index (κ1) is 13.9.